The number of pyridine rings is 1. The lowest BCUT2D eigenvalue weighted by Crippen LogP contribution is -2.20. The predicted molar refractivity (Wildman–Crippen MR) is 63.0 cm³/mol. The summed E-state index contributed by atoms with van der Waals surface area (Å²) < 4.78 is 0. The number of nitrogens with two attached hydrogens (primary N) is 2. The number of carbonyl (C=O) groups is 1. The van der Waals surface area contributed by atoms with Crippen LogP contribution in [-0.4, -0.2) is 10.9 Å². The summed E-state index contributed by atoms with van der Waals surface area (Å²) in [6, 6.07) is 1.63. The number of nitrogens with zero attached hydrogens (tertiary/aromatic N) is 1. The van der Waals surface area contributed by atoms with E-state index < -0.39 is 5.91 Å². The molecule has 2 rings (SSSR count). The molecule has 4 nitrogen and oxygen atoms in total. The molecule has 0 atom stereocenters. The van der Waals surface area contributed by atoms with Crippen molar-refractivity contribution in [2.45, 2.75) is 38.0 Å². The highest BCUT2D eigenvalue weighted by Crippen LogP contribution is 2.34. The fourth-order valence-electron chi connectivity index (χ4n) is 2.45. The summed E-state index contributed by atoms with van der Waals surface area (Å²) in [6.07, 6.45) is 7.47. The van der Waals surface area contributed by atoms with Gasteiger partial charge in [0.15, 0.2) is 0 Å². The molecule has 0 aliphatic heterocycles. The van der Waals surface area contributed by atoms with Crippen molar-refractivity contribution < 1.29 is 4.79 Å². The fraction of sp³-hybridized carbons (Fsp3) is 0.500. The number of nitrogen functional groups attached to an aromatic ring is 1. The Labute approximate surface area is 95.0 Å². The smallest absolute Gasteiger partial charge is 0.252 e. The van der Waals surface area contributed by atoms with Gasteiger partial charge in [-0.15, -0.1) is 0 Å². The quantitative estimate of drug-likeness (QED) is 0.795. The van der Waals surface area contributed by atoms with E-state index in [2.05, 4.69) is 4.98 Å². The summed E-state index contributed by atoms with van der Waals surface area (Å²) in [7, 11) is 0. The second kappa shape index (κ2) is 4.51. The maximum Gasteiger partial charge on any atom is 0.252 e. The largest absolute Gasteiger partial charge is 0.398 e. The summed E-state index contributed by atoms with van der Waals surface area (Å²) in [5.74, 6) is -0.120. The molecule has 1 heterocycles. The average molecular weight is 219 g/mol. The van der Waals surface area contributed by atoms with Crippen LogP contribution in [0.2, 0.25) is 0 Å². The van der Waals surface area contributed by atoms with Gasteiger partial charge in [-0.3, -0.25) is 9.78 Å². The van der Waals surface area contributed by atoms with Gasteiger partial charge in [0, 0.05) is 17.8 Å². The van der Waals surface area contributed by atoms with E-state index >= 15 is 0 Å². The van der Waals surface area contributed by atoms with Crippen molar-refractivity contribution in [3.05, 3.63) is 23.5 Å². The molecule has 0 radical (unpaired) electrons. The van der Waals surface area contributed by atoms with Crippen LogP contribution in [0.15, 0.2) is 12.3 Å². The molecule has 1 fully saturated rings. The number of hydrogen-bond donors (Lipinski definition) is 2. The van der Waals surface area contributed by atoms with Gasteiger partial charge in [0.2, 0.25) is 0 Å². The molecule has 4 N–H and O–H groups in total. The summed E-state index contributed by atoms with van der Waals surface area (Å²) in [6.45, 7) is 0. The Morgan fingerprint density at radius 3 is 2.62 bits per heavy atom. The molecule has 1 aromatic rings. The van der Waals surface area contributed by atoms with Crippen molar-refractivity contribution in [3.8, 4) is 0 Å². The molecular formula is C12H17N3O. The number of primary amides is 1. The Kier molecular flexibility index (Phi) is 3.08. The molecule has 0 spiro atoms. The highest BCUT2D eigenvalue weighted by molar-refractivity contribution is 5.99. The Bertz CT molecular complexity index is 397. The summed E-state index contributed by atoms with van der Waals surface area (Å²) >= 11 is 0. The van der Waals surface area contributed by atoms with Crippen molar-refractivity contribution >= 4 is 11.6 Å². The Balaban J connectivity index is 2.38. The zero-order valence-electron chi connectivity index (χ0n) is 9.28. The van der Waals surface area contributed by atoms with Gasteiger partial charge in [0.1, 0.15) is 0 Å². The minimum absolute atomic E-state index is 0.347. The Morgan fingerprint density at radius 2 is 2.00 bits per heavy atom. The van der Waals surface area contributed by atoms with Gasteiger partial charge in [-0.05, 0) is 18.9 Å². The lowest BCUT2D eigenvalue weighted by atomic mass is 9.84. The maximum atomic E-state index is 11.4. The van der Waals surface area contributed by atoms with E-state index in [1.54, 1.807) is 12.3 Å². The first kappa shape index (κ1) is 10.9. The van der Waals surface area contributed by atoms with Gasteiger partial charge in [0.05, 0.1) is 11.3 Å². The van der Waals surface area contributed by atoms with Crippen LogP contribution in [0, 0.1) is 0 Å². The average Bonchev–Trinajstić information content (AvgIpc) is 2.29. The minimum atomic E-state index is -0.467. The molecule has 1 aliphatic carbocycles. The first-order valence-corrected chi connectivity index (χ1v) is 5.74. The molecule has 16 heavy (non-hydrogen) atoms. The van der Waals surface area contributed by atoms with Crippen molar-refractivity contribution in [3.63, 3.8) is 0 Å². The normalized spacial score (nSPS) is 17.2. The van der Waals surface area contributed by atoms with Gasteiger partial charge < -0.3 is 11.5 Å². The van der Waals surface area contributed by atoms with Crippen LogP contribution in [0.5, 0.6) is 0 Å². The van der Waals surface area contributed by atoms with Crippen LogP contribution < -0.4 is 11.5 Å². The topological polar surface area (TPSA) is 82.0 Å². The van der Waals surface area contributed by atoms with E-state index in [4.69, 9.17) is 11.5 Å². The number of aromatic nitrogens is 1. The van der Waals surface area contributed by atoms with E-state index in [9.17, 15) is 4.79 Å². The lowest BCUT2D eigenvalue weighted by Gasteiger charge is -2.22. The second-order valence-corrected chi connectivity index (χ2v) is 4.36. The van der Waals surface area contributed by atoms with Gasteiger partial charge in [-0.25, -0.2) is 0 Å². The number of rotatable bonds is 2. The molecule has 4 heteroatoms. The van der Waals surface area contributed by atoms with E-state index in [0.717, 1.165) is 18.5 Å². The monoisotopic (exact) mass is 219 g/mol. The summed E-state index contributed by atoms with van der Waals surface area (Å²) in [5.41, 5.74) is 12.8. The minimum Gasteiger partial charge on any atom is -0.398 e. The molecule has 0 saturated heterocycles. The van der Waals surface area contributed by atoms with E-state index in [1.807, 2.05) is 0 Å². The molecule has 1 saturated carbocycles. The van der Waals surface area contributed by atoms with Gasteiger partial charge >= 0.3 is 0 Å². The van der Waals surface area contributed by atoms with Gasteiger partial charge in [0.25, 0.3) is 5.91 Å². The standard InChI is InChI=1S/C12H17N3O/c13-9-6-7-15-11(10(9)12(14)16)8-4-2-1-3-5-8/h6-8H,1-5H2,(H2,13,15)(H2,14,16). The predicted octanol–water partition coefficient (Wildman–Crippen LogP) is 1.81. The third-order valence-electron chi connectivity index (χ3n) is 3.25. The zero-order valence-corrected chi connectivity index (χ0v) is 9.28. The van der Waals surface area contributed by atoms with E-state index in [1.165, 1.54) is 19.3 Å². The first-order chi connectivity index (χ1) is 7.70. The molecule has 1 aliphatic rings. The van der Waals surface area contributed by atoms with Crippen molar-refractivity contribution in [1.29, 1.82) is 0 Å². The van der Waals surface area contributed by atoms with E-state index in [-0.39, 0.29) is 0 Å². The van der Waals surface area contributed by atoms with Crippen LogP contribution in [0.1, 0.15) is 54.1 Å². The third-order valence-corrected chi connectivity index (χ3v) is 3.25. The Morgan fingerprint density at radius 1 is 1.31 bits per heavy atom. The molecular weight excluding hydrogens is 202 g/mol. The summed E-state index contributed by atoms with van der Waals surface area (Å²) in [4.78, 5) is 15.7. The van der Waals surface area contributed by atoms with Gasteiger partial charge in [-0.2, -0.15) is 0 Å². The first-order valence-electron chi connectivity index (χ1n) is 5.74. The molecule has 0 bridgehead atoms. The van der Waals surface area contributed by atoms with Crippen LogP contribution in [0.4, 0.5) is 5.69 Å². The number of carbonyl (C=O) groups excluding carboxylic acids is 1. The highest BCUT2D eigenvalue weighted by atomic mass is 16.1. The third kappa shape index (κ3) is 2.01. The van der Waals surface area contributed by atoms with E-state index in [0.29, 0.717) is 17.2 Å². The van der Waals surface area contributed by atoms with Crippen LogP contribution in [0.25, 0.3) is 0 Å². The lowest BCUT2D eigenvalue weighted by molar-refractivity contribution is 0.0999. The second-order valence-electron chi connectivity index (χ2n) is 4.36. The zero-order chi connectivity index (χ0) is 11.5. The van der Waals surface area contributed by atoms with Gasteiger partial charge in [-0.1, -0.05) is 19.3 Å². The number of anilines is 1. The SMILES string of the molecule is NC(=O)c1c(N)ccnc1C1CCCCC1. The van der Waals surface area contributed by atoms with Crippen molar-refractivity contribution in [2.75, 3.05) is 5.73 Å². The summed E-state index contributed by atoms with van der Waals surface area (Å²) in [5, 5.41) is 0. The van der Waals surface area contributed by atoms with Crippen LogP contribution in [-0.2, 0) is 0 Å². The molecule has 0 aromatic carbocycles. The molecule has 1 amide bonds. The fourth-order valence-corrected chi connectivity index (χ4v) is 2.45. The van der Waals surface area contributed by atoms with Crippen LogP contribution >= 0.6 is 0 Å². The maximum absolute atomic E-state index is 11.4. The van der Waals surface area contributed by atoms with Crippen molar-refractivity contribution in [1.82, 2.24) is 4.98 Å². The molecule has 86 valence electrons. The number of hydrogen-bond acceptors (Lipinski definition) is 3. The number of amides is 1. The highest BCUT2D eigenvalue weighted by Gasteiger charge is 2.23. The van der Waals surface area contributed by atoms with Crippen LogP contribution in [0.3, 0.4) is 0 Å². The molecule has 1 aromatic heterocycles. The van der Waals surface area contributed by atoms with Crippen molar-refractivity contribution in [2.24, 2.45) is 5.73 Å². The Hall–Kier alpha value is -1.58. The molecule has 0 unspecified atom stereocenters.